The molecule has 3 atom stereocenters. The Morgan fingerprint density at radius 3 is 2.42 bits per heavy atom. The number of hydrogen-bond acceptors (Lipinski definition) is 10. The maximum atomic E-state index is 13.8. The third-order valence-electron chi connectivity index (χ3n) is 8.07. The summed E-state index contributed by atoms with van der Waals surface area (Å²) in [6.07, 6.45) is -0.866. The highest BCUT2D eigenvalue weighted by Gasteiger charge is 2.44. The minimum Gasteiger partial charge on any atom is -0.491 e. The van der Waals surface area contributed by atoms with E-state index in [1.807, 2.05) is 52.0 Å². The van der Waals surface area contributed by atoms with Gasteiger partial charge < -0.3 is 40.0 Å². The fourth-order valence-electron chi connectivity index (χ4n) is 5.51. The van der Waals surface area contributed by atoms with Gasteiger partial charge in [-0.3, -0.25) is 19.2 Å². The molecule has 0 radical (unpaired) electrons. The number of thiazole rings is 1. The van der Waals surface area contributed by atoms with E-state index < -0.39 is 41.4 Å². The molecule has 1 aliphatic heterocycles. The summed E-state index contributed by atoms with van der Waals surface area (Å²) >= 11 is 1.57. The van der Waals surface area contributed by atoms with E-state index in [9.17, 15) is 24.3 Å². The number of benzene rings is 2. The van der Waals surface area contributed by atoms with Gasteiger partial charge in [-0.15, -0.1) is 11.3 Å². The van der Waals surface area contributed by atoms with E-state index in [1.54, 1.807) is 41.1 Å². The summed E-state index contributed by atoms with van der Waals surface area (Å²) in [7, 11) is 0. The lowest BCUT2D eigenvalue weighted by Gasteiger charge is -2.35. The van der Waals surface area contributed by atoms with E-state index in [-0.39, 0.29) is 64.9 Å². The average Bonchev–Trinajstić information content (AvgIpc) is 3.68. The van der Waals surface area contributed by atoms with Crippen molar-refractivity contribution in [2.75, 3.05) is 39.6 Å². The number of carboxylic acid groups (broad SMARTS) is 1. The van der Waals surface area contributed by atoms with Crippen LogP contribution in [0, 0.1) is 12.3 Å². The molecule has 2 aromatic carbocycles. The second-order valence-corrected chi connectivity index (χ2v) is 14.0. The first-order valence-corrected chi connectivity index (χ1v) is 17.3. The van der Waals surface area contributed by atoms with Gasteiger partial charge in [0.2, 0.25) is 17.7 Å². The lowest BCUT2D eigenvalue weighted by Crippen LogP contribution is -2.58. The van der Waals surface area contributed by atoms with Crippen LogP contribution in [0.5, 0.6) is 5.75 Å². The van der Waals surface area contributed by atoms with Gasteiger partial charge >= 0.3 is 5.97 Å². The average molecular weight is 711 g/mol. The Hall–Kier alpha value is -4.37. The monoisotopic (exact) mass is 710 g/mol. The third-order valence-corrected chi connectivity index (χ3v) is 9.04. The van der Waals surface area contributed by atoms with Crippen LogP contribution in [0.25, 0.3) is 10.4 Å². The van der Waals surface area contributed by atoms with Gasteiger partial charge in [-0.25, -0.2) is 4.98 Å². The molecule has 1 aromatic heterocycles. The van der Waals surface area contributed by atoms with Gasteiger partial charge in [0.25, 0.3) is 0 Å². The number of hydrogen-bond donors (Lipinski definition) is 4. The molecule has 3 unspecified atom stereocenters. The molecule has 4 N–H and O–H groups in total. The molecule has 4 rings (SSSR count). The summed E-state index contributed by atoms with van der Waals surface area (Å²) in [5.41, 5.74) is 4.64. The molecular formula is C36H46N4O9S. The largest absolute Gasteiger partial charge is 0.491 e. The zero-order valence-electron chi connectivity index (χ0n) is 28.8. The van der Waals surface area contributed by atoms with Crippen LogP contribution in [0.15, 0.2) is 54.0 Å². The van der Waals surface area contributed by atoms with Gasteiger partial charge in [-0.05, 0) is 41.2 Å². The number of nitrogens with zero attached hydrogens (tertiary/aromatic N) is 2. The molecule has 1 saturated heterocycles. The van der Waals surface area contributed by atoms with Gasteiger partial charge in [-0.1, -0.05) is 57.2 Å². The summed E-state index contributed by atoms with van der Waals surface area (Å²) in [4.78, 5) is 57.5. The van der Waals surface area contributed by atoms with E-state index in [1.165, 1.54) is 4.90 Å². The number of aromatic nitrogens is 1. The molecule has 1 fully saturated rings. The highest BCUT2D eigenvalue weighted by molar-refractivity contribution is 7.13. The number of likely N-dealkylation sites (tertiary alicyclic amines) is 1. The molecule has 50 heavy (non-hydrogen) atoms. The van der Waals surface area contributed by atoms with Crippen molar-refractivity contribution in [2.45, 2.75) is 65.3 Å². The van der Waals surface area contributed by atoms with Crippen molar-refractivity contribution >= 4 is 35.0 Å². The predicted octanol–water partition coefficient (Wildman–Crippen LogP) is 2.97. The van der Waals surface area contributed by atoms with E-state index in [0.29, 0.717) is 11.3 Å². The van der Waals surface area contributed by atoms with Gasteiger partial charge in [0, 0.05) is 19.5 Å². The zero-order valence-corrected chi connectivity index (χ0v) is 29.7. The number of rotatable bonds is 17. The number of aliphatic hydroxyl groups is 1. The summed E-state index contributed by atoms with van der Waals surface area (Å²) in [6, 6.07) is 12.8. The number of carbonyl (C=O) groups is 4. The minimum atomic E-state index is -0.968. The Morgan fingerprint density at radius 2 is 1.74 bits per heavy atom. The summed E-state index contributed by atoms with van der Waals surface area (Å²) in [5.74, 6) is -1.71. The van der Waals surface area contributed by atoms with Crippen LogP contribution in [-0.4, -0.2) is 102 Å². The van der Waals surface area contributed by atoms with E-state index in [4.69, 9.17) is 19.3 Å². The molecule has 2 heterocycles. The second kappa shape index (κ2) is 18.0. The molecule has 14 heteroatoms. The lowest BCUT2D eigenvalue weighted by atomic mass is 9.85. The molecule has 3 aromatic rings. The number of amides is 3. The number of aliphatic carboxylic acids is 1. The Balaban J connectivity index is 1.20. The first kappa shape index (κ1) is 38.4. The molecule has 0 spiro atoms. The van der Waals surface area contributed by atoms with Crippen molar-refractivity contribution < 1.29 is 43.6 Å². The van der Waals surface area contributed by atoms with Gasteiger partial charge in [0.1, 0.15) is 31.0 Å². The number of β-amino-alcohol motifs (C(OH)–C–C–N with tert-alkyl or cyclic N) is 1. The first-order chi connectivity index (χ1) is 23.8. The number of nitrogens with one attached hydrogen (secondary N) is 2. The van der Waals surface area contributed by atoms with Crippen molar-refractivity contribution in [3.63, 3.8) is 0 Å². The summed E-state index contributed by atoms with van der Waals surface area (Å²) < 4.78 is 16.5. The van der Waals surface area contributed by atoms with Crippen LogP contribution < -0.4 is 15.4 Å². The Labute approximate surface area is 295 Å². The Kier molecular flexibility index (Phi) is 13.9. The van der Waals surface area contributed by atoms with Crippen LogP contribution in [0.1, 0.15) is 44.0 Å². The van der Waals surface area contributed by atoms with E-state index >= 15 is 0 Å². The summed E-state index contributed by atoms with van der Waals surface area (Å²) in [5, 5.41) is 25.1. The quantitative estimate of drug-likeness (QED) is 0.152. The maximum Gasteiger partial charge on any atom is 0.307 e. The fraction of sp³-hybridized carbons (Fsp3) is 0.472. The van der Waals surface area contributed by atoms with Crippen molar-refractivity contribution in [2.24, 2.45) is 5.41 Å². The molecule has 0 bridgehead atoms. The minimum absolute atomic E-state index is 0.0202. The number of carbonyl (C=O) groups excluding carboxylic acids is 3. The van der Waals surface area contributed by atoms with E-state index in [2.05, 4.69) is 15.6 Å². The second-order valence-electron chi connectivity index (χ2n) is 13.2. The molecule has 0 saturated carbocycles. The van der Waals surface area contributed by atoms with Crippen molar-refractivity contribution in [1.82, 2.24) is 20.5 Å². The smallest absolute Gasteiger partial charge is 0.307 e. The topological polar surface area (TPSA) is 177 Å². The van der Waals surface area contributed by atoms with Crippen LogP contribution in [0.2, 0.25) is 0 Å². The first-order valence-electron chi connectivity index (χ1n) is 16.5. The number of carboxylic acids is 1. The maximum absolute atomic E-state index is 13.8. The SMILES string of the molecule is Cc1ncsc1-c1ccc(CNC(=O)C2CC(O)CN2C(=O)C(NC(=O)COCCOCCOc2cccc(CC(=O)O)c2)C(C)(C)C)cc1. The van der Waals surface area contributed by atoms with Crippen LogP contribution in [0.3, 0.4) is 0 Å². The van der Waals surface area contributed by atoms with Crippen molar-refractivity contribution in [1.29, 1.82) is 0 Å². The van der Waals surface area contributed by atoms with Crippen molar-refractivity contribution in [3.05, 3.63) is 70.9 Å². The third kappa shape index (κ3) is 11.3. The molecule has 0 aliphatic carbocycles. The Morgan fingerprint density at radius 1 is 1.02 bits per heavy atom. The van der Waals surface area contributed by atoms with Gasteiger partial charge in [0.15, 0.2) is 0 Å². The number of ether oxygens (including phenoxy) is 3. The Bertz CT molecular complexity index is 1610. The van der Waals surface area contributed by atoms with Crippen molar-refractivity contribution in [3.8, 4) is 16.2 Å². The molecular weight excluding hydrogens is 664 g/mol. The molecule has 3 amide bonds. The van der Waals surface area contributed by atoms with Gasteiger partial charge in [0.05, 0.1) is 48.4 Å². The highest BCUT2D eigenvalue weighted by atomic mass is 32.1. The summed E-state index contributed by atoms with van der Waals surface area (Å²) in [6.45, 7) is 8.17. The van der Waals surface area contributed by atoms with Gasteiger partial charge in [-0.2, -0.15) is 0 Å². The predicted molar refractivity (Wildman–Crippen MR) is 187 cm³/mol. The van der Waals surface area contributed by atoms with Crippen LogP contribution in [0.4, 0.5) is 0 Å². The van der Waals surface area contributed by atoms with Crippen LogP contribution >= 0.6 is 11.3 Å². The zero-order chi connectivity index (χ0) is 36.3. The van der Waals surface area contributed by atoms with Crippen LogP contribution in [-0.2, 0) is 41.6 Å². The molecule has 13 nitrogen and oxygen atoms in total. The normalized spacial score (nSPS) is 16.5. The molecule has 1 aliphatic rings. The lowest BCUT2D eigenvalue weighted by molar-refractivity contribution is -0.144. The molecule has 270 valence electrons. The number of aryl methyl sites for hydroxylation is 1. The van der Waals surface area contributed by atoms with E-state index in [0.717, 1.165) is 21.7 Å². The fourth-order valence-corrected chi connectivity index (χ4v) is 6.32. The number of aliphatic hydroxyl groups excluding tert-OH is 1. The highest BCUT2D eigenvalue weighted by Crippen LogP contribution is 2.28. The standard InChI is InChI=1S/C36H46N4O9S/c1-23-32(50-22-38-23)26-10-8-24(9-11-26)19-37-34(45)29-18-27(41)20-40(29)35(46)33(36(2,3)4)39-30(42)21-48-13-12-47-14-15-49-28-7-5-6-25(16-28)17-31(43)44/h5-11,16,22,27,29,33,41H,12-15,17-21H2,1-4H3,(H,37,45)(H,39,42)(H,43,44).